The quantitative estimate of drug-likeness (QED) is 0.913. The molecule has 0 bridgehead atoms. The van der Waals surface area contributed by atoms with Gasteiger partial charge in [-0.3, -0.25) is 0 Å². The van der Waals surface area contributed by atoms with Crippen LogP contribution in [-0.4, -0.2) is 8.42 Å². The molecular formula is C13H17BrN2O2S. The smallest absolute Gasteiger partial charge is 0.225 e. The Hall–Kier alpha value is -0.900. The fourth-order valence-electron chi connectivity index (χ4n) is 2.00. The molecule has 0 aliphatic heterocycles. The van der Waals surface area contributed by atoms with Gasteiger partial charge in [-0.15, -0.1) is 0 Å². The van der Waals surface area contributed by atoms with E-state index in [0.29, 0.717) is 21.2 Å². The largest absolute Gasteiger partial charge is 0.238 e. The van der Waals surface area contributed by atoms with Gasteiger partial charge in [-0.2, -0.15) is 5.26 Å². The second kappa shape index (κ2) is 5.61. The number of hydrogen-bond donors (Lipinski definition) is 1. The Morgan fingerprint density at radius 3 is 2.11 bits per heavy atom. The zero-order valence-electron chi connectivity index (χ0n) is 11.4. The van der Waals surface area contributed by atoms with E-state index in [0.717, 1.165) is 0 Å². The van der Waals surface area contributed by atoms with Crippen LogP contribution in [0.15, 0.2) is 15.4 Å². The lowest BCUT2D eigenvalue weighted by molar-refractivity contribution is 0.595. The molecule has 19 heavy (non-hydrogen) atoms. The third kappa shape index (κ3) is 3.16. The molecule has 1 aromatic carbocycles. The summed E-state index contributed by atoms with van der Waals surface area (Å²) in [6, 6.07) is 3.66. The van der Waals surface area contributed by atoms with Gasteiger partial charge in [0.1, 0.15) is 6.07 Å². The maximum absolute atomic E-state index is 11.8. The second-order valence-corrected chi connectivity index (χ2v) is 7.36. The van der Waals surface area contributed by atoms with E-state index in [9.17, 15) is 13.7 Å². The highest BCUT2D eigenvalue weighted by atomic mass is 79.9. The minimum atomic E-state index is -3.82. The van der Waals surface area contributed by atoms with E-state index in [4.69, 9.17) is 5.14 Å². The first-order chi connectivity index (χ1) is 8.61. The number of sulfonamides is 1. The number of nitrogens with two attached hydrogens (primary N) is 1. The van der Waals surface area contributed by atoms with Gasteiger partial charge in [0, 0.05) is 4.47 Å². The van der Waals surface area contributed by atoms with Crippen LogP contribution in [0.2, 0.25) is 0 Å². The monoisotopic (exact) mass is 344 g/mol. The van der Waals surface area contributed by atoms with E-state index in [1.807, 2.05) is 27.7 Å². The van der Waals surface area contributed by atoms with Crippen molar-refractivity contribution in [2.45, 2.75) is 44.4 Å². The number of nitrogens with zero attached hydrogens (tertiary/aromatic N) is 1. The van der Waals surface area contributed by atoms with E-state index in [1.54, 1.807) is 0 Å². The molecule has 0 fully saturated rings. The van der Waals surface area contributed by atoms with Crippen molar-refractivity contribution in [1.29, 1.82) is 5.26 Å². The Kier molecular flexibility index (Phi) is 4.77. The molecule has 0 amide bonds. The van der Waals surface area contributed by atoms with Gasteiger partial charge in [-0.05, 0) is 45.0 Å². The van der Waals surface area contributed by atoms with Crippen molar-refractivity contribution in [2.75, 3.05) is 0 Å². The van der Waals surface area contributed by atoms with E-state index < -0.39 is 10.0 Å². The van der Waals surface area contributed by atoms with Crippen LogP contribution in [-0.2, 0) is 10.0 Å². The van der Waals surface area contributed by atoms with Crippen molar-refractivity contribution < 1.29 is 8.42 Å². The molecule has 0 unspecified atom stereocenters. The van der Waals surface area contributed by atoms with Crippen LogP contribution in [0.1, 0.15) is 56.2 Å². The van der Waals surface area contributed by atoms with Crippen LogP contribution in [0.5, 0.6) is 0 Å². The Morgan fingerprint density at radius 1 is 1.26 bits per heavy atom. The van der Waals surface area contributed by atoms with Crippen LogP contribution in [0.25, 0.3) is 0 Å². The predicted molar refractivity (Wildman–Crippen MR) is 78.4 cm³/mol. The molecule has 4 nitrogen and oxygen atoms in total. The first-order valence-electron chi connectivity index (χ1n) is 5.90. The fraction of sp³-hybridized carbons (Fsp3) is 0.462. The molecule has 0 radical (unpaired) electrons. The molecule has 1 rings (SSSR count). The van der Waals surface area contributed by atoms with Crippen LogP contribution in [0, 0.1) is 11.3 Å². The van der Waals surface area contributed by atoms with Gasteiger partial charge in [0.25, 0.3) is 0 Å². The maximum atomic E-state index is 11.8. The highest BCUT2D eigenvalue weighted by Gasteiger charge is 2.24. The summed E-state index contributed by atoms with van der Waals surface area (Å²) in [4.78, 5) is 0.0945. The molecule has 0 atom stereocenters. The number of primary sulfonamides is 1. The van der Waals surface area contributed by atoms with Gasteiger partial charge in [0.05, 0.1) is 10.5 Å². The maximum Gasteiger partial charge on any atom is 0.238 e. The summed E-state index contributed by atoms with van der Waals surface area (Å²) in [5.74, 6) is -0.0244. The molecular weight excluding hydrogens is 328 g/mol. The van der Waals surface area contributed by atoms with E-state index in [2.05, 4.69) is 22.0 Å². The molecule has 0 spiro atoms. The highest BCUT2D eigenvalue weighted by Crippen LogP contribution is 2.37. The number of nitriles is 1. The Labute approximate surface area is 122 Å². The summed E-state index contributed by atoms with van der Waals surface area (Å²) in [6.07, 6.45) is 0. The predicted octanol–water partition coefficient (Wildman–Crippen LogP) is 3.21. The average molecular weight is 345 g/mol. The minimum absolute atomic E-state index is 0.0349. The fourth-order valence-corrected chi connectivity index (χ4v) is 4.06. The average Bonchev–Trinajstić information content (AvgIpc) is 2.25. The summed E-state index contributed by atoms with van der Waals surface area (Å²) >= 11 is 3.36. The molecule has 0 heterocycles. The Morgan fingerprint density at radius 2 is 1.79 bits per heavy atom. The van der Waals surface area contributed by atoms with Crippen molar-refractivity contribution in [3.8, 4) is 6.07 Å². The normalized spacial score (nSPS) is 11.9. The van der Waals surface area contributed by atoms with Crippen LogP contribution in [0.3, 0.4) is 0 Å². The third-order valence-electron chi connectivity index (χ3n) is 2.91. The number of rotatable bonds is 3. The van der Waals surface area contributed by atoms with Crippen molar-refractivity contribution in [3.05, 3.63) is 27.2 Å². The standard InChI is InChI=1S/C13H17BrN2O2S/c1-7(2)9-5-11(19(16,17)18)12(8(3)4)13(14)10(9)6-15/h5,7-8H,1-4H3,(H2,16,17,18). The van der Waals surface area contributed by atoms with E-state index >= 15 is 0 Å². The summed E-state index contributed by atoms with van der Waals surface area (Å²) in [7, 11) is -3.82. The first kappa shape index (κ1) is 16.2. The summed E-state index contributed by atoms with van der Waals surface area (Å²) in [5.41, 5.74) is 1.72. The lowest BCUT2D eigenvalue weighted by Crippen LogP contribution is -2.17. The zero-order valence-corrected chi connectivity index (χ0v) is 13.8. The SMILES string of the molecule is CC(C)c1cc(S(N)(=O)=O)c(C(C)C)c(Br)c1C#N. The van der Waals surface area contributed by atoms with Gasteiger partial charge in [0.2, 0.25) is 10.0 Å². The van der Waals surface area contributed by atoms with Crippen LogP contribution >= 0.6 is 15.9 Å². The van der Waals surface area contributed by atoms with Crippen LogP contribution < -0.4 is 5.14 Å². The minimum Gasteiger partial charge on any atom is -0.225 e. The summed E-state index contributed by atoms with van der Waals surface area (Å²) in [6.45, 7) is 7.55. The Bertz CT molecular complexity index is 644. The molecule has 6 heteroatoms. The first-order valence-corrected chi connectivity index (χ1v) is 8.24. The van der Waals surface area contributed by atoms with Crippen molar-refractivity contribution in [2.24, 2.45) is 5.14 Å². The molecule has 0 saturated carbocycles. The van der Waals surface area contributed by atoms with Gasteiger partial charge < -0.3 is 0 Å². The molecule has 2 N–H and O–H groups in total. The van der Waals surface area contributed by atoms with E-state index in [1.165, 1.54) is 6.07 Å². The van der Waals surface area contributed by atoms with Gasteiger partial charge in [-0.1, -0.05) is 27.7 Å². The lowest BCUT2D eigenvalue weighted by atomic mass is 9.92. The van der Waals surface area contributed by atoms with Crippen molar-refractivity contribution in [3.63, 3.8) is 0 Å². The van der Waals surface area contributed by atoms with Gasteiger partial charge >= 0.3 is 0 Å². The van der Waals surface area contributed by atoms with Gasteiger partial charge in [0.15, 0.2) is 0 Å². The van der Waals surface area contributed by atoms with Crippen LogP contribution in [0.4, 0.5) is 0 Å². The third-order valence-corrected chi connectivity index (χ3v) is 4.69. The number of hydrogen-bond acceptors (Lipinski definition) is 3. The molecule has 104 valence electrons. The molecule has 0 aliphatic rings. The summed E-state index contributed by atoms with van der Waals surface area (Å²) in [5, 5.41) is 14.6. The molecule has 0 aromatic heterocycles. The summed E-state index contributed by atoms with van der Waals surface area (Å²) < 4.78 is 24.0. The number of benzene rings is 1. The Balaban J connectivity index is 3.90. The lowest BCUT2D eigenvalue weighted by Gasteiger charge is -2.19. The molecule has 1 aromatic rings. The zero-order chi connectivity index (χ0) is 15.0. The topological polar surface area (TPSA) is 84.0 Å². The van der Waals surface area contributed by atoms with Crippen molar-refractivity contribution >= 4 is 26.0 Å². The van der Waals surface area contributed by atoms with E-state index in [-0.39, 0.29) is 16.7 Å². The van der Waals surface area contributed by atoms with Crippen molar-refractivity contribution in [1.82, 2.24) is 0 Å². The molecule has 0 aliphatic carbocycles. The second-order valence-electron chi connectivity index (χ2n) is 5.03. The number of halogens is 1. The molecule has 0 saturated heterocycles. The highest BCUT2D eigenvalue weighted by molar-refractivity contribution is 9.10. The van der Waals surface area contributed by atoms with Gasteiger partial charge in [-0.25, -0.2) is 13.6 Å².